The third-order valence-electron chi connectivity index (χ3n) is 5.98. The molecular formula is C25H32N2O3. The Labute approximate surface area is 179 Å². The van der Waals surface area contributed by atoms with Crippen molar-refractivity contribution in [1.82, 2.24) is 9.88 Å². The van der Waals surface area contributed by atoms with Crippen LogP contribution in [0.4, 0.5) is 0 Å². The quantitative estimate of drug-likeness (QED) is 0.583. The second-order valence-corrected chi connectivity index (χ2v) is 8.11. The van der Waals surface area contributed by atoms with E-state index >= 15 is 0 Å². The first-order valence-corrected chi connectivity index (χ1v) is 11.0. The fourth-order valence-electron chi connectivity index (χ4n) is 4.34. The normalized spacial score (nSPS) is 18.8. The maximum absolute atomic E-state index is 12.9. The third kappa shape index (κ3) is 5.91. The first-order chi connectivity index (χ1) is 14.6. The van der Waals surface area contributed by atoms with Gasteiger partial charge in [-0.05, 0) is 68.7 Å². The molecule has 1 atom stereocenters. The van der Waals surface area contributed by atoms with Gasteiger partial charge in [0, 0.05) is 31.9 Å². The summed E-state index contributed by atoms with van der Waals surface area (Å²) in [6.07, 6.45) is 8.85. The lowest BCUT2D eigenvalue weighted by Gasteiger charge is -2.41. The summed E-state index contributed by atoms with van der Waals surface area (Å²) in [6.45, 7) is 3.40. The van der Waals surface area contributed by atoms with E-state index in [9.17, 15) is 9.59 Å². The molecule has 1 saturated heterocycles. The first kappa shape index (κ1) is 22.0. The Bertz CT molecular complexity index is 810. The minimum atomic E-state index is -0.588. The number of pyridine rings is 1. The lowest BCUT2D eigenvalue weighted by atomic mass is 9.75. The van der Waals surface area contributed by atoms with E-state index in [2.05, 4.69) is 17.1 Å². The van der Waals surface area contributed by atoms with Gasteiger partial charge in [-0.15, -0.1) is 0 Å². The number of hydrogen-bond donors (Lipinski definition) is 0. The molecule has 2 heterocycles. The molecule has 1 aromatic heterocycles. The number of aromatic nitrogens is 1. The van der Waals surface area contributed by atoms with Gasteiger partial charge >= 0.3 is 5.97 Å². The molecular weight excluding hydrogens is 376 g/mol. The van der Waals surface area contributed by atoms with Gasteiger partial charge in [0.15, 0.2) is 0 Å². The summed E-state index contributed by atoms with van der Waals surface area (Å²) < 4.78 is 5.46. The Balaban J connectivity index is 1.62. The Morgan fingerprint density at radius 3 is 2.53 bits per heavy atom. The molecule has 5 nitrogen and oxygen atoms in total. The maximum Gasteiger partial charge on any atom is 0.313 e. The number of ether oxygens (including phenoxy) is 1. The number of hydrogen-bond acceptors (Lipinski definition) is 4. The lowest BCUT2D eigenvalue weighted by Crippen LogP contribution is -2.50. The maximum atomic E-state index is 12.9. The molecule has 1 amide bonds. The zero-order valence-corrected chi connectivity index (χ0v) is 17.9. The van der Waals surface area contributed by atoms with Crippen LogP contribution in [0, 0.1) is 5.41 Å². The molecule has 1 aliphatic heterocycles. The van der Waals surface area contributed by atoms with Gasteiger partial charge in [0.2, 0.25) is 5.91 Å². The number of benzene rings is 1. The summed E-state index contributed by atoms with van der Waals surface area (Å²) in [6, 6.07) is 14.2. The van der Waals surface area contributed by atoms with Gasteiger partial charge < -0.3 is 9.64 Å². The molecule has 1 aliphatic rings. The van der Waals surface area contributed by atoms with E-state index in [0.29, 0.717) is 26.0 Å². The minimum Gasteiger partial charge on any atom is -0.466 e. The number of nitrogens with zero attached hydrogens (tertiary/aromatic N) is 2. The molecule has 0 spiro atoms. The van der Waals surface area contributed by atoms with Gasteiger partial charge in [0.25, 0.3) is 0 Å². The molecule has 1 fully saturated rings. The van der Waals surface area contributed by atoms with Crippen molar-refractivity contribution in [2.75, 3.05) is 19.7 Å². The molecule has 0 bridgehead atoms. The topological polar surface area (TPSA) is 59.5 Å². The Kier molecular flexibility index (Phi) is 8.00. The smallest absolute Gasteiger partial charge is 0.313 e. The van der Waals surface area contributed by atoms with Crippen LogP contribution in [0.3, 0.4) is 0 Å². The number of esters is 1. The van der Waals surface area contributed by atoms with Gasteiger partial charge in [-0.2, -0.15) is 0 Å². The Morgan fingerprint density at radius 1 is 1.07 bits per heavy atom. The van der Waals surface area contributed by atoms with Crippen molar-refractivity contribution in [3.63, 3.8) is 0 Å². The molecule has 1 aromatic carbocycles. The standard InChI is InChI=1S/C25H32N2O3/c1-2-30-24(29)25(15-6-10-21-8-4-3-5-9-21)16-7-19-27(20-25)23(28)12-11-22-13-17-26-18-14-22/h3-5,8-9,13-14,17-18H,2,6-7,10-12,15-16,19-20H2,1H3/t25-/m0/s1. The van der Waals surface area contributed by atoms with Gasteiger partial charge in [0.1, 0.15) is 0 Å². The van der Waals surface area contributed by atoms with Crippen LogP contribution in [0.25, 0.3) is 0 Å². The van der Waals surface area contributed by atoms with E-state index < -0.39 is 5.41 Å². The molecule has 2 aromatic rings. The van der Waals surface area contributed by atoms with Crippen LogP contribution in [0.5, 0.6) is 0 Å². The van der Waals surface area contributed by atoms with Crippen LogP contribution in [0.15, 0.2) is 54.9 Å². The summed E-state index contributed by atoms with van der Waals surface area (Å²) >= 11 is 0. The fourth-order valence-corrected chi connectivity index (χ4v) is 4.34. The fraction of sp³-hybridized carbons (Fsp3) is 0.480. The third-order valence-corrected chi connectivity index (χ3v) is 5.98. The molecule has 0 unspecified atom stereocenters. The molecule has 30 heavy (non-hydrogen) atoms. The van der Waals surface area contributed by atoms with E-state index in [1.807, 2.05) is 42.2 Å². The van der Waals surface area contributed by atoms with Crippen LogP contribution in [-0.2, 0) is 27.2 Å². The van der Waals surface area contributed by atoms with Crippen molar-refractivity contribution in [1.29, 1.82) is 0 Å². The molecule has 0 N–H and O–H groups in total. The number of rotatable bonds is 9. The zero-order valence-electron chi connectivity index (χ0n) is 17.9. The Hall–Kier alpha value is -2.69. The first-order valence-electron chi connectivity index (χ1n) is 11.0. The van der Waals surface area contributed by atoms with Crippen LogP contribution in [0.1, 0.15) is 50.2 Å². The second kappa shape index (κ2) is 10.9. The van der Waals surface area contributed by atoms with Gasteiger partial charge in [-0.1, -0.05) is 30.3 Å². The summed E-state index contributed by atoms with van der Waals surface area (Å²) in [4.78, 5) is 31.7. The monoisotopic (exact) mass is 408 g/mol. The highest BCUT2D eigenvalue weighted by molar-refractivity contribution is 5.81. The molecule has 0 radical (unpaired) electrons. The van der Waals surface area contributed by atoms with E-state index in [-0.39, 0.29) is 11.9 Å². The van der Waals surface area contributed by atoms with Crippen LogP contribution >= 0.6 is 0 Å². The highest BCUT2D eigenvalue weighted by atomic mass is 16.5. The number of piperidine rings is 1. The number of carbonyl (C=O) groups excluding carboxylic acids is 2. The van der Waals surface area contributed by atoms with Gasteiger partial charge in [0.05, 0.1) is 12.0 Å². The van der Waals surface area contributed by atoms with E-state index in [0.717, 1.165) is 44.2 Å². The van der Waals surface area contributed by atoms with Gasteiger partial charge in [-0.3, -0.25) is 14.6 Å². The SMILES string of the molecule is CCOC(=O)[C@@]1(CCCc2ccccc2)CCCN(C(=O)CCc2ccncc2)C1. The average molecular weight is 409 g/mol. The molecule has 0 saturated carbocycles. The van der Waals surface area contributed by atoms with Crippen molar-refractivity contribution >= 4 is 11.9 Å². The highest BCUT2D eigenvalue weighted by Gasteiger charge is 2.44. The summed E-state index contributed by atoms with van der Waals surface area (Å²) in [5.74, 6) is -0.0343. The second-order valence-electron chi connectivity index (χ2n) is 8.11. The van der Waals surface area contributed by atoms with Crippen molar-refractivity contribution < 1.29 is 14.3 Å². The van der Waals surface area contributed by atoms with E-state index in [4.69, 9.17) is 4.74 Å². The summed E-state index contributed by atoms with van der Waals surface area (Å²) in [5, 5.41) is 0. The minimum absolute atomic E-state index is 0.114. The zero-order chi connectivity index (χ0) is 21.2. The van der Waals surface area contributed by atoms with E-state index in [1.165, 1.54) is 5.56 Å². The van der Waals surface area contributed by atoms with Crippen molar-refractivity contribution in [2.45, 2.75) is 51.9 Å². The van der Waals surface area contributed by atoms with Crippen molar-refractivity contribution in [3.05, 3.63) is 66.0 Å². The predicted octanol–water partition coefficient (Wildman–Crippen LogP) is 4.21. The van der Waals surface area contributed by atoms with Gasteiger partial charge in [-0.25, -0.2) is 0 Å². The molecule has 0 aliphatic carbocycles. The number of aryl methyl sites for hydroxylation is 2. The molecule has 5 heteroatoms. The lowest BCUT2D eigenvalue weighted by molar-refractivity contribution is -0.161. The predicted molar refractivity (Wildman–Crippen MR) is 117 cm³/mol. The van der Waals surface area contributed by atoms with Crippen LogP contribution in [0.2, 0.25) is 0 Å². The summed E-state index contributed by atoms with van der Waals surface area (Å²) in [7, 11) is 0. The van der Waals surface area contributed by atoms with Crippen LogP contribution in [-0.4, -0.2) is 41.5 Å². The molecule has 3 rings (SSSR count). The molecule has 160 valence electrons. The van der Waals surface area contributed by atoms with Crippen molar-refractivity contribution in [3.8, 4) is 0 Å². The number of amides is 1. The van der Waals surface area contributed by atoms with Crippen molar-refractivity contribution in [2.24, 2.45) is 5.41 Å². The highest BCUT2D eigenvalue weighted by Crippen LogP contribution is 2.37. The largest absolute Gasteiger partial charge is 0.466 e. The van der Waals surface area contributed by atoms with Crippen LogP contribution < -0.4 is 0 Å². The number of carbonyl (C=O) groups is 2. The Morgan fingerprint density at radius 2 is 1.80 bits per heavy atom. The number of likely N-dealkylation sites (tertiary alicyclic amines) is 1. The summed E-state index contributed by atoms with van der Waals surface area (Å²) in [5.41, 5.74) is 1.79. The average Bonchev–Trinajstić information content (AvgIpc) is 2.79. The van der Waals surface area contributed by atoms with E-state index in [1.54, 1.807) is 12.4 Å².